The third kappa shape index (κ3) is 5.28. The van der Waals surface area contributed by atoms with Gasteiger partial charge in [-0.25, -0.2) is 0 Å². The Kier molecular flexibility index (Phi) is 6.65. The Bertz CT molecular complexity index is 1820. The fourth-order valence-corrected chi connectivity index (χ4v) is 6.78. The van der Waals surface area contributed by atoms with Gasteiger partial charge >= 0.3 is 0 Å². The summed E-state index contributed by atoms with van der Waals surface area (Å²) in [4.78, 5) is 0. The second-order valence-electron chi connectivity index (χ2n) is 12.0. The Balaban J connectivity index is 0.971. The summed E-state index contributed by atoms with van der Waals surface area (Å²) in [6, 6.07) is 48.5. The van der Waals surface area contributed by atoms with E-state index in [1.54, 1.807) is 0 Å². The number of benzene rings is 6. The van der Waals surface area contributed by atoms with Crippen molar-refractivity contribution in [2.45, 2.75) is 38.5 Å². The minimum atomic E-state index is 0.874. The SMILES string of the molecule is c1cc(Cc2cccc(-c3cccc4c3CC4)c2)cc(Oc2cccc(Cc3cccc(-c4cccc5c4CC5)c3)c2)c1. The predicted molar refractivity (Wildman–Crippen MR) is 177 cm³/mol. The topological polar surface area (TPSA) is 9.23 Å². The van der Waals surface area contributed by atoms with E-state index in [0.29, 0.717) is 0 Å². The van der Waals surface area contributed by atoms with E-state index in [0.717, 1.165) is 24.3 Å². The van der Waals surface area contributed by atoms with Gasteiger partial charge in [0.15, 0.2) is 0 Å². The van der Waals surface area contributed by atoms with Crippen LogP contribution in [0.25, 0.3) is 22.3 Å². The molecule has 43 heavy (non-hydrogen) atoms. The first kappa shape index (κ1) is 25.8. The molecular formula is C42H34O. The lowest BCUT2D eigenvalue weighted by atomic mass is 9.82. The predicted octanol–water partition coefficient (Wildman–Crippen LogP) is 10.2. The molecular weight excluding hydrogens is 520 g/mol. The summed E-state index contributed by atoms with van der Waals surface area (Å²) in [7, 11) is 0. The number of hydrogen-bond donors (Lipinski definition) is 0. The minimum absolute atomic E-state index is 0.874. The van der Waals surface area contributed by atoms with Crippen molar-refractivity contribution in [1.29, 1.82) is 0 Å². The molecule has 208 valence electrons. The molecule has 0 N–H and O–H groups in total. The highest BCUT2D eigenvalue weighted by molar-refractivity contribution is 5.72. The standard InChI is InChI=1S/C42H34O/c1-7-29(25-35(13-1)39-17-5-11-33-19-21-41(33)39)23-31-9-3-15-37(27-31)43-38-16-4-10-32(28-38)24-30-8-2-14-36(26-30)40-18-6-12-34-20-22-42(34)40/h1-18,25-28H,19-24H2. The first-order valence-electron chi connectivity index (χ1n) is 15.5. The van der Waals surface area contributed by atoms with Crippen LogP contribution in [0.15, 0.2) is 133 Å². The van der Waals surface area contributed by atoms with Crippen LogP contribution in [0.4, 0.5) is 0 Å². The quantitative estimate of drug-likeness (QED) is 0.182. The van der Waals surface area contributed by atoms with E-state index in [4.69, 9.17) is 4.74 Å². The maximum atomic E-state index is 6.39. The van der Waals surface area contributed by atoms with Crippen LogP contribution in [0.3, 0.4) is 0 Å². The molecule has 0 amide bonds. The van der Waals surface area contributed by atoms with Gasteiger partial charge in [0.1, 0.15) is 11.5 Å². The maximum absolute atomic E-state index is 6.39. The Labute approximate surface area is 254 Å². The molecule has 1 nitrogen and oxygen atoms in total. The van der Waals surface area contributed by atoms with Gasteiger partial charge in [-0.2, -0.15) is 0 Å². The lowest BCUT2D eigenvalue weighted by Crippen LogP contribution is -2.09. The second-order valence-corrected chi connectivity index (χ2v) is 12.0. The fraction of sp³-hybridized carbons (Fsp3) is 0.143. The molecule has 6 aromatic rings. The van der Waals surface area contributed by atoms with Crippen molar-refractivity contribution in [3.05, 3.63) is 178 Å². The van der Waals surface area contributed by atoms with Crippen LogP contribution in [-0.2, 0) is 38.5 Å². The number of aryl methyl sites for hydroxylation is 2. The van der Waals surface area contributed by atoms with Gasteiger partial charge in [-0.1, -0.05) is 109 Å². The van der Waals surface area contributed by atoms with Crippen molar-refractivity contribution in [2.75, 3.05) is 0 Å². The molecule has 2 aliphatic carbocycles. The normalized spacial score (nSPS) is 12.9. The van der Waals surface area contributed by atoms with E-state index in [-0.39, 0.29) is 0 Å². The van der Waals surface area contributed by atoms with Crippen LogP contribution < -0.4 is 4.74 Å². The van der Waals surface area contributed by atoms with Crippen molar-refractivity contribution < 1.29 is 4.74 Å². The molecule has 0 spiro atoms. The molecule has 1 heteroatoms. The van der Waals surface area contributed by atoms with Crippen molar-refractivity contribution in [1.82, 2.24) is 0 Å². The van der Waals surface area contributed by atoms with Crippen molar-refractivity contribution in [2.24, 2.45) is 0 Å². The summed E-state index contributed by atoms with van der Waals surface area (Å²) < 4.78 is 6.39. The molecule has 0 atom stereocenters. The fourth-order valence-electron chi connectivity index (χ4n) is 6.78. The molecule has 0 saturated carbocycles. The molecule has 0 aromatic heterocycles. The van der Waals surface area contributed by atoms with Crippen LogP contribution in [0.1, 0.15) is 44.5 Å². The molecule has 0 bridgehead atoms. The van der Waals surface area contributed by atoms with Gasteiger partial charge < -0.3 is 4.74 Å². The first-order valence-corrected chi connectivity index (χ1v) is 15.5. The highest BCUT2D eigenvalue weighted by Crippen LogP contribution is 2.35. The van der Waals surface area contributed by atoms with Gasteiger partial charge in [-0.05, 0) is 130 Å². The van der Waals surface area contributed by atoms with Crippen molar-refractivity contribution in [3.8, 4) is 33.8 Å². The third-order valence-corrected chi connectivity index (χ3v) is 9.16. The van der Waals surface area contributed by atoms with Gasteiger partial charge in [0.05, 0.1) is 0 Å². The average Bonchev–Trinajstić information content (AvgIpc) is 2.99. The molecule has 2 aliphatic rings. The summed E-state index contributed by atoms with van der Waals surface area (Å²) in [6.07, 6.45) is 6.56. The van der Waals surface area contributed by atoms with Crippen LogP contribution in [-0.4, -0.2) is 0 Å². The largest absolute Gasteiger partial charge is 0.457 e. The van der Waals surface area contributed by atoms with Crippen LogP contribution in [0.2, 0.25) is 0 Å². The summed E-state index contributed by atoms with van der Waals surface area (Å²) in [5.41, 5.74) is 16.6. The van der Waals surface area contributed by atoms with Crippen LogP contribution >= 0.6 is 0 Å². The summed E-state index contributed by atoms with van der Waals surface area (Å²) in [6.45, 7) is 0. The average molecular weight is 555 g/mol. The Morgan fingerprint density at radius 2 is 0.814 bits per heavy atom. The summed E-state index contributed by atoms with van der Waals surface area (Å²) in [5, 5.41) is 0. The Hall–Kier alpha value is -4.88. The first-order chi connectivity index (χ1) is 21.2. The zero-order valence-electron chi connectivity index (χ0n) is 24.4. The number of hydrogen-bond acceptors (Lipinski definition) is 1. The molecule has 0 unspecified atom stereocenters. The number of ether oxygens (including phenoxy) is 1. The highest BCUT2D eigenvalue weighted by atomic mass is 16.5. The molecule has 8 rings (SSSR count). The van der Waals surface area contributed by atoms with E-state index >= 15 is 0 Å². The highest BCUT2D eigenvalue weighted by Gasteiger charge is 2.18. The van der Waals surface area contributed by atoms with Gasteiger partial charge in [-0.15, -0.1) is 0 Å². The molecule has 0 aliphatic heterocycles. The van der Waals surface area contributed by atoms with Gasteiger partial charge in [0.2, 0.25) is 0 Å². The zero-order chi connectivity index (χ0) is 28.6. The number of rotatable bonds is 8. The van der Waals surface area contributed by atoms with E-state index < -0.39 is 0 Å². The molecule has 0 radical (unpaired) electrons. The lowest BCUT2D eigenvalue weighted by Gasteiger charge is -2.22. The van der Waals surface area contributed by atoms with Crippen molar-refractivity contribution >= 4 is 0 Å². The van der Waals surface area contributed by atoms with E-state index in [1.165, 1.54) is 92.4 Å². The van der Waals surface area contributed by atoms with Gasteiger partial charge in [0, 0.05) is 0 Å². The van der Waals surface area contributed by atoms with Crippen LogP contribution in [0.5, 0.6) is 11.5 Å². The maximum Gasteiger partial charge on any atom is 0.127 e. The van der Waals surface area contributed by atoms with E-state index in [2.05, 4.69) is 133 Å². The number of fused-ring (bicyclic) bond motifs is 2. The molecule has 0 heterocycles. The van der Waals surface area contributed by atoms with E-state index in [1.807, 2.05) is 0 Å². The second kappa shape index (κ2) is 11.1. The Morgan fingerprint density at radius 1 is 0.395 bits per heavy atom. The smallest absolute Gasteiger partial charge is 0.127 e. The minimum Gasteiger partial charge on any atom is -0.457 e. The summed E-state index contributed by atoms with van der Waals surface area (Å²) in [5.74, 6) is 1.75. The van der Waals surface area contributed by atoms with Crippen molar-refractivity contribution in [3.63, 3.8) is 0 Å². The molecule has 0 saturated heterocycles. The zero-order valence-corrected chi connectivity index (χ0v) is 24.4. The van der Waals surface area contributed by atoms with Crippen LogP contribution in [0, 0.1) is 0 Å². The van der Waals surface area contributed by atoms with Gasteiger partial charge in [0.25, 0.3) is 0 Å². The van der Waals surface area contributed by atoms with E-state index in [9.17, 15) is 0 Å². The van der Waals surface area contributed by atoms with Gasteiger partial charge in [-0.3, -0.25) is 0 Å². The monoisotopic (exact) mass is 554 g/mol. The lowest BCUT2D eigenvalue weighted by molar-refractivity contribution is 0.481. The summed E-state index contributed by atoms with van der Waals surface area (Å²) >= 11 is 0. The molecule has 6 aromatic carbocycles. The third-order valence-electron chi connectivity index (χ3n) is 9.16. The molecule has 0 fully saturated rings. The Morgan fingerprint density at radius 3 is 1.26 bits per heavy atom.